The van der Waals surface area contributed by atoms with Crippen molar-refractivity contribution in [3.63, 3.8) is 0 Å². The summed E-state index contributed by atoms with van der Waals surface area (Å²) >= 11 is 0. The molecule has 1 aromatic rings. The van der Waals surface area contributed by atoms with E-state index in [0.29, 0.717) is 18.7 Å². The molecule has 0 bridgehead atoms. The highest BCUT2D eigenvalue weighted by molar-refractivity contribution is 5.94. The van der Waals surface area contributed by atoms with Crippen LogP contribution in [0.4, 0.5) is 0 Å². The van der Waals surface area contributed by atoms with E-state index in [1.807, 2.05) is 12.1 Å². The fourth-order valence-electron chi connectivity index (χ4n) is 2.92. The molecule has 3 N–H and O–H groups in total. The predicted octanol–water partition coefficient (Wildman–Crippen LogP) is 0.555. The Hall–Kier alpha value is -1.63. The standard InChI is InChI=1S/C17H24N2O4/c20-16-11-18-9-13(16)10-19-17(21)12-1-3-14(4-2-12)23-15-5-7-22-8-6-15/h1-4,13,15-16,18,20H,5-11H2,(H,19,21). The third-order valence-electron chi connectivity index (χ3n) is 4.42. The highest BCUT2D eigenvalue weighted by Gasteiger charge is 2.25. The van der Waals surface area contributed by atoms with Gasteiger partial charge in [0.05, 0.1) is 19.3 Å². The number of amides is 1. The molecule has 6 heteroatoms. The minimum Gasteiger partial charge on any atom is -0.490 e. The molecule has 6 nitrogen and oxygen atoms in total. The third kappa shape index (κ3) is 4.43. The molecule has 126 valence electrons. The Bertz CT molecular complexity index is 514. The molecular weight excluding hydrogens is 296 g/mol. The van der Waals surface area contributed by atoms with Crippen LogP contribution in [0.1, 0.15) is 23.2 Å². The minimum absolute atomic E-state index is 0.0788. The Morgan fingerprint density at radius 2 is 2.00 bits per heavy atom. The Morgan fingerprint density at radius 1 is 1.26 bits per heavy atom. The molecule has 0 saturated carbocycles. The van der Waals surface area contributed by atoms with E-state index < -0.39 is 0 Å². The quantitative estimate of drug-likeness (QED) is 0.738. The number of nitrogens with one attached hydrogen (secondary N) is 2. The number of β-amino-alcohol motifs (C(OH)–C–C–N with tert-alkyl or cyclic N) is 1. The van der Waals surface area contributed by atoms with Gasteiger partial charge in [-0.1, -0.05) is 0 Å². The molecule has 1 amide bonds. The van der Waals surface area contributed by atoms with Crippen LogP contribution in [0.5, 0.6) is 5.75 Å². The summed E-state index contributed by atoms with van der Waals surface area (Å²) in [4.78, 5) is 12.1. The average Bonchev–Trinajstić information content (AvgIpc) is 2.99. The molecule has 2 heterocycles. The summed E-state index contributed by atoms with van der Waals surface area (Å²) in [5.41, 5.74) is 0.602. The zero-order chi connectivity index (χ0) is 16.1. The second-order valence-electron chi connectivity index (χ2n) is 6.15. The molecule has 1 aromatic carbocycles. The number of benzene rings is 1. The van der Waals surface area contributed by atoms with E-state index in [4.69, 9.17) is 9.47 Å². The smallest absolute Gasteiger partial charge is 0.251 e. The molecule has 0 aromatic heterocycles. The molecular formula is C17H24N2O4. The van der Waals surface area contributed by atoms with E-state index in [1.165, 1.54) is 0 Å². The first kappa shape index (κ1) is 16.2. The lowest BCUT2D eigenvalue weighted by atomic mass is 10.1. The number of aliphatic hydroxyl groups is 1. The summed E-state index contributed by atoms with van der Waals surface area (Å²) in [6.07, 6.45) is 1.62. The molecule has 2 atom stereocenters. The Kier molecular flexibility index (Phi) is 5.48. The maximum atomic E-state index is 12.1. The van der Waals surface area contributed by atoms with Crippen molar-refractivity contribution in [1.29, 1.82) is 0 Å². The van der Waals surface area contributed by atoms with Gasteiger partial charge < -0.3 is 25.2 Å². The van der Waals surface area contributed by atoms with Gasteiger partial charge in [-0.25, -0.2) is 0 Å². The van der Waals surface area contributed by atoms with Crippen LogP contribution in [0.15, 0.2) is 24.3 Å². The zero-order valence-corrected chi connectivity index (χ0v) is 13.2. The summed E-state index contributed by atoms with van der Waals surface area (Å²) in [5, 5.41) is 15.7. The number of hydrogen-bond donors (Lipinski definition) is 3. The van der Waals surface area contributed by atoms with Gasteiger partial charge in [-0.15, -0.1) is 0 Å². The van der Waals surface area contributed by atoms with Crippen molar-refractivity contribution in [3.8, 4) is 5.75 Å². The van der Waals surface area contributed by atoms with Gasteiger partial charge in [0, 0.05) is 44.0 Å². The molecule has 2 aliphatic heterocycles. The summed E-state index contributed by atoms with van der Waals surface area (Å²) in [5.74, 6) is 0.737. The highest BCUT2D eigenvalue weighted by atomic mass is 16.5. The van der Waals surface area contributed by atoms with Gasteiger partial charge in [-0.3, -0.25) is 4.79 Å². The second kappa shape index (κ2) is 7.77. The molecule has 2 aliphatic rings. The number of carbonyl (C=O) groups excluding carboxylic acids is 1. The van der Waals surface area contributed by atoms with Crippen LogP contribution in [0.25, 0.3) is 0 Å². The van der Waals surface area contributed by atoms with Crippen LogP contribution in [0.2, 0.25) is 0 Å². The number of aliphatic hydroxyl groups excluding tert-OH is 1. The van der Waals surface area contributed by atoms with Crippen LogP contribution in [0.3, 0.4) is 0 Å². The van der Waals surface area contributed by atoms with Crippen molar-refractivity contribution in [2.45, 2.75) is 25.0 Å². The van der Waals surface area contributed by atoms with Gasteiger partial charge in [0.2, 0.25) is 0 Å². The van der Waals surface area contributed by atoms with Crippen LogP contribution < -0.4 is 15.4 Å². The highest BCUT2D eigenvalue weighted by Crippen LogP contribution is 2.18. The lowest BCUT2D eigenvalue weighted by molar-refractivity contribution is 0.0256. The van der Waals surface area contributed by atoms with E-state index in [-0.39, 0.29) is 24.0 Å². The molecule has 0 spiro atoms. The monoisotopic (exact) mass is 320 g/mol. The zero-order valence-electron chi connectivity index (χ0n) is 13.2. The van der Waals surface area contributed by atoms with E-state index >= 15 is 0 Å². The topological polar surface area (TPSA) is 79.8 Å². The van der Waals surface area contributed by atoms with Crippen molar-refractivity contribution >= 4 is 5.91 Å². The fourth-order valence-corrected chi connectivity index (χ4v) is 2.92. The SMILES string of the molecule is O=C(NCC1CNCC1O)c1ccc(OC2CCOCC2)cc1. The average molecular weight is 320 g/mol. The maximum Gasteiger partial charge on any atom is 0.251 e. The number of ether oxygens (including phenoxy) is 2. The molecule has 3 rings (SSSR count). The van der Waals surface area contributed by atoms with Crippen molar-refractivity contribution < 1.29 is 19.4 Å². The van der Waals surface area contributed by atoms with Gasteiger partial charge in [0.25, 0.3) is 5.91 Å². The van der Waals surface area contributed by atoms with Crippen molar-refractivity contribution in [3.05, 3.63) is 29.8 Å². The van der Waals surface area contributed by atoms with E-state index in [1.54, 1.807) is 12.1 Å². The van der Waals surface area contributed by atoms with Gasteiger partial charge in [0.15, 0.2) is 0 Å². The van der Waals surface area contributed by atoms with Crippen LogP contribution in [0, 0.1) is 5.92 Å². The fraction of sp³-hybridized carbons (Fsp3) is 0.588. The summed E-state index contributed by atoms with van der Waals surface area (Å²) < 4.78 is 11.2. The first-order valence-corrected chi connectivity index (χ1v) is 8.24. The largest absolute Gasteiger partial charge is 0.490 e. The Morgan fingerprint density at radius 3 is 2.65 bits per heavy atom. The van der Waals surface area contributed by atoms with E-state index in [0.717, 1.165) is 38.3 Å². The van der Waals surface area contributed by atoms with E-state index in [2.05, 4.69) is 10.6 Å². The predicted molar refractivity (Wildman–Crippen MR) is 85.6 cm³/mol. The van der Waals surface area contributed by atoms with Gasteiger partial charge in [-0.2, -0.15) is 0 Å². The van der Waals surface area contributed by atoms with Crippen molar-refractivity contribution in [1.82, 2.24) is 10.6 Å². The maximum absolute atomic E-state index is 12.1. The molecule has 2 unspecified atom stereocenters. The number of carbonyl (C=O) groups is 1. The molecule has 2 saturated heterocycles. The van der Waals surface area contributed by atoms with Crippen LogP contribution in [-0.4, -0.2) is 56.1 Å². The van der Waals surface area contributed by atoms with Crippen LogP contribution >= 0.6 is 0 Å². The minimum atomic E-state index is -0.384. The summed E-state index contributed by atoms with van der Waals surface area (Å²) in [6.45, 7) is 3.30. The lowest BCUT2D eigenvalue weighted by Gasteiger charge is -2.23. The normalized spacial score (nSPS) is 25.3. The number of hydrogen-bond acceptors (Lipinski definition) is 5. The van der Waals surface area contributed by atoms with Gasteiger partial charge in [-0.05, 0) is 24.3 Å². The van der Waals surface area contributed by atoms with Gasteiger partial charge >= 0.3 is 0 Å². The first-order chi connectivity index (χ1) is 11.2. The van der Waals surface area contributed by atoms with Crippen molar-refractivity contribution in [2.24, 2.45) is 5.92 Å². The van der Waals surface area contributed by atoms with Crippen LogP contribution in [-0.2, 0) is 4.74 Å². The van der Waals surface area contributed by atoms with Crippen molar-refractivity contribution in [2.75, 3.05) is 32.8 Å². The number of rotatable bonds is 5. The van der Waals surface area contributed by atoms with Gasteiger partial charge in [0.1, 0.15) is 11.9 Å². The molecule has 2 fully saturated rings. The molecule has 0 radical (unpaired) electrons. The summed E-state index contributed by atoms with van der Waals surface area (Å²) in [6, 6.07) is 7.20. The second-order valence-corrected chi connectivity index (χ2v) is 6.15. The molecule has 23 heavy (non-hydrogen) atoms. The lowest BCUT2D eigenvalue weighted by Crippen LogP contribution is -2.34. The van der Waals surface area contributed by atoms with E-state index in [9.17, 15) is 9.90 Å². The summed E-state index contributed by atoms with van der Waals surface area (Å²) in [7, 11) is 0. The third-order valence-corrected chi connectivity index (χ3v) is 4.42. The Balaban J connectivity index is 1.48. The Labute approximate surface area is 136 Å². The first-order valence-electron chi connectivity index (χ1n) is 8.24. The molecule has 0 aliphatic carbocycles.